The number of rotatable bonds is 8. The van der Waals surface area contributed by atoms with Crippen LogP contribution in [-0.4, -0.2) is 63.0 Å². The van der Waals surface area contributed by atoms with Gasteiger partial charge in [0.1, 0.15) is 0 Å². The predicted molar refractivity (Wildman–Crippen MR) is 109 cm³/mol. The summed E-state index contributed by atoms with van der Waals surface area (Å²) in [5, 5.41) is 7.72. The lowest BCUT2D eigenvalue weighted by Gasteiger charge is -2.17. The van der Waals surface area contributed by atoms with Crippen molar-refractivity contribution in [2.75, 3.05) is 39.7 Å². The monoisotopic (exact) mass is 457 g/mol. The number of halogens is 1. The molecule has 1 saturated heterocycles. The average Bonchev–Trinajstić information content (AvgIpc) is 3.20. The van der Waals surface area contributed by atoms with Crippen molar-refractivity contribution in [2.45, 2.75) is 55.9 Å². The Bertz CT molecular complexity index is 341. The van der Waals surface area contributed by atoms with E-state index in [2.05, 4.69) is 21.9 Å². The molecule has 1 aliphatic carbocycles. The molecule has 0 radical (unpaired) electrons. The first-order valence-corrected chi connectivity index (χ1v) is 9.80. The summed E-state index contributed by atoms with van der Waals surface area (Å²) in [6, 6.07) is 0.569. The highest BCUT2D eigenvalue weighted by molar-refractivity contribution is 14.0. The number of nitrogens with one attached hydrogen (secondary N) is 2. The van der Waals surface area contributed by atoms with Crippen molar-refractivity contribution in [1.29, 1.82) is 0 Å². The Morgan fingerprint density at radius 3 is 2.87 bits per heavy atom. The van der Waals surface area contributed by atoms with Gasteiger partial charge < -0.3 is 20.1 Å². The summed E-state index contributed by atoms with van der Waals surface area (Å²) in [4.78, 5) is 4.31. The normalized spacial score (nSPS) is 27.7. The smallest absolute Gasteiger partial charge is 0.191 e. The van der Waals surface area contributed by atoms with E-state index in [4.69, 9.17) is 9.47 Å². The van der Waals surface area contributed by atoms with Gasteiger partial charge in [0, 0.05) is 38.1 Å². The first kappa shape index (κ1) is 21.3. The Morgan fingerprint density at radius 1 is 1.35 bits per heavy atom. The molecule has 3 unspecified atom stereocenters. The highest BCUT2D eigenvalue weighted by Crippen LogP contribution is 2.27. The van der Waals surface area contributed by atoms with Crippen molar-refractivity contribution < 1.29 is 9.47 Å². The summed E-state index contributed by atoms with van der Waals surface area (Å²) in [7, 11) is 1.84. The Kier molecular flexibility index (Phi) is 11.7. The Labute approximate surface area is 162 Å². The van der Waals surface area contributed by atoms with E-state index in [0.717, 1.165) is 50.4 Å². The van der Waals surface area contributed by atoms with Crippen molar-refractivity contribution >= 4 is 41.7 Å². The van der Waals surface area contributed by atoms with Gasteiger partial charge in [-0.1, -0.05) is 0 Å². The fourth-order valence-electron chi connectivity index (χ4n) is 3.04. The molecular formula is C16H32IN3O2S. The third kappa shape index (κ3) is 8.27. The fourth-order valence-corrected chi connectivity index (χ4v) is 3.84. The second kappa shape index (κ2) is 12.6. The Hall–Kier alpha value is 0.270. The van der Waals surface area contributed by atoms with Gasteiger partial charge in [0.25, 0.3) is 0 Å². The number of nitrogens with zero attached hydrogens (tertiary/aromatic N) is 1. The molecule has 5 nitrogen and oxygen atoms in total. The lowest BCUT2D eigenvalue weighted by Crippen LogP contribution is -2.43. The van der Waals surface area contributed by atoms with Crippen molar-refractivity contribution in [1.82, 2.24) is 10.6 Å². The maximum absolute atomic E-state index is 5.67. The molecule has 0 amide bonds. The molecule has 2 rings (SSSR count). The van der Waals surface area contributed by atoms with Crippen molar-refractivity contribution in [2.24, 2.45) is 4.99 Å². The van der Waals surface area contributed by atoms with Gasteiger partial charge in [-0.3, -0.25) is 4.99 Å². The Balaban J connectivity index is 0.00000264. The summed E-state index contributed by atoms with van der Waals surface area (Å²) < 4.78 is 11.2. The van der Waals surface area contributed by atoms with Gasteiger partial charge in [-0.05, 0) is 44.8 Å². The number of ether oxygens (including phenoxy) is 2. The zero-order chi connectivity index (χ0) is 15.6. The molecule has 0 aromatic carbocycles. The quantitative estimate of drug-likeness (QED) is 0.254. The van der Waals surface area contributed by atoms with Crippen molar-refractivity contribution in [3.05, 3.63) is 0 Å². The van der Waals surface area contributed by atoms with Crippen LogP contribution >= 0.6 is 35.7 Å². The molecule has 3 atom stereocenters. The average molecular weight is 457 g/mol. The molecule has 1 heterocycles. The molecule has 0 aromatic heterocycles. The van der Waals surface area contributed by atoms with E-state index >= 15 is 0 Å². The molecule has 0 bridgehead atoms. The van der Waals surface area contributed by atoms with E-state index in [1.807, 2.05) is 18.8 Å². The maximum Gasteiger partial charge on any atom is 0.191 e. The number of aliphatic imine (C=N–C) groups is 1. The lowest BCUT2D eigenvalue weighted by molar-refractivity contribution is 0.0168. The standard InChI is InChI=1S/C16H31N3O2S.HI/c1-17-16(19-13-6-7-15(11-13)22-2)18-8-4-9-20-12-14-5-3-10-21-14;/h13-15H,3-12H2,1-2H3,(H2,17,18,19);1H. The summed E-state index contributed by atoms with van der Waals surface area (Å²) in [5.41, 5.74) is 0. The van der Waals surface area contributed by atoms with E-state index in [9.17, 15) is 0 Å². The summed E-state index contributed by atoms with van der Waals surface area (Å²) in [5.74, 6) is 0.922. The first-order chi connectivity index (χ1) is 10.8. The van der Waals surface area contributed by atoms with Gasteiger partial charge in [-0.15, -0.1) is 24.0 Å². The van der Waals surface area contributed by atoms with Crippen LogP contribution in [0.5, 0.6) is 0 Å². The molecule has 2 N–H and O–H groups in total. The molecule has 23 heavy (non-hydrogen) atoms. The number of guanidine groups is 1. The van der Waals surface area contributed by atoms with Crippen LogP contribution in [0.1, 0.15) is 38.5 Å². The van der Waals surface area contributed by atoms with Gasteiger partial charge in [-0.2, -0.15) is 11.8 Å². The summed E-state index contributed by atoms with van der Waals surface area (Å²) >= 11 is 1.98. The van der Waals surface area contributed by atoms with Crippen LogP contribution in [0, 0.1) is 0 Å². The third-order valence-electron chi connectivity index (χ3n) is 4.37. The minimum Gasteiger partial charge on any atom is -0.379 e. The van der Waals surface area contributed by atoms with Gasteiger partial charge in [0.05, 0.1) is 12.7 Å². The molecule has 2 aliphatic rings. The molecule has 136 valence electrons. The predicted octanol–water partition coefficient (Wildman–Crippen LogP) is 2.64. The van der Waals surface area contributed by atoms with Crippen LogP contribution in [0.2, 0.25) is 0 Å². The highest BCUT2D eigenvalue weighted by atomic mass is 127. The van der Waals surface area contributed by atoms with Crippen molar-refractivity contribution in [3.8, 4) is 0 Å². The summed E-state index contributed by atoms with van der Waals surface area (Å²) in [6.45, 7) is 3.31. The summed E-state index contributed by atoms with van der Waals surface area (Å²) in [6.07, 6.45) is 9.65. The van der Waals surface area contributed by atoms with E-state index in [1.165, 1.54) is 25.7 Å². The van der Waals surface area contributed by atoms with E-state index < -0.39 is 0 Å². The third-order valence-corrected chi connectivity index (χ3v) is 5.46. The van der Waals surface area contributed by atoms with Gasteiger partial charge in [0.15, 0.2) is 5.96 Å². The molecule has 1 saturated carbocycles. The second-order valence-corrected chi connectivity index (χ2v) is 7.21. The lowest BCUT2D eigenvalue weighted by atomic mass is 10.2. The first-order valence-electron chi connectivity index (χ1n) is 8.51. The van der Waals surface area contributed by atoms with E-state index in [-0.39, 0.29) is 24.0 Å². The van der Waals surface area contributed by atoms with E-state index in [1.54, 1.807) is 0 Å². The molecule has 0 aromatic rings. The SMILES string of the molecule is CN=C(NCCCOCC1CCCO1)NC1CCC(SC)C1.I. The second-order valence-electron chi connectivity index (χ2n) is 6.07. The van der Waals surface area contributed by atoms with Crippen LogP contribution in [-0.2, 0) is 9.47 Å². The minimum absolute atomic E-state index is 0. The molecular weight excluding hydrogens is 425 g/mol. The van der Waals surface area contributed by atoms with Crippen LogP contribution in [0.3, 0.4) is 0 Å². The molecule has 2 fully saturated rings. The van der Waals surface area contributed by atoms with Crippen LogP contribution in [0.15, 0.2) is 4.99 Å². The van der Waals surface area contributed by atoms with Gasteiger partial charge in [-0.25, -0.2) is 0 Å². The zero-order valence-corrected chi connectivity index (χ0v) is 17.5. The molecule has 1 aliphatic heterocycles. The van der Waals surface area contributed by atoms with Crippen LogP contribution in [0.25, 0.3) is 0 Å². The molecule has 0 spiro atoms. The highest BCUT2D eigenvalue weighted by Gasteiger charge is 2.24. The van der Waals surface area contributed by atoms with Crippen LogP contribution < -0.4 is 10.6 Å². The Morgan fingerprint density at radius 2 is 2.22 bits per heavy atom. The van der Waals surface area contributed by atoms with Gasteiger partial charge in [0.2, 0.25) is 0 Å². The van der Waals surface area contributed by atoms with Crippen molar-refractivity contribution in [3.63, 3.8) is 0 Å². The number of hydrogen-bond acceptors (Lipinski definition) is 4. The number of thioether (sulfide) groups is 1. The van der Waals surface area contributed by atoms with Crippen LogP contribution in [0.4, 0.5) is 0 Å². The fraction of sp³-hybridized carbons (Fsp3) is 0.938. The van der Waals surface area contributed by atoms with Gasteiger partial charge >= 0.3 is 0 Å². The zero-order valence-electron chi connectivity index (χ0n) is 14.4. The minimum atomic E-state index is 0. The topological polar surface area (TPSA) is 54.9 Å². The molecule has 7 heteroatoms. The largest absolute Gasteiger partial charge is 0.379 e. The maximum atomic E-state index is 5.67. The number of hydrogen-bond donors (Lipinski definition) is 2. The van der Waals surface area contributed by atoms with E-state index in [0.29, 0.717) is 12.1 Å².